The number of carbonyl (C=O) groups is 1. The van der Waals surface area contributed by atoms with Gasteiger partial charge in [-0.2, -0.15) is 0 Å². The fourth-order valence-corrected chi connectivity index (χ4v) is 1.17. The lowest BCUT2D eigenvalue weighted by molar-refractivity contribution is -0.114. The first-order valence-corrected chi connectivity index (χ1v) is 4.45. The van der Waals surface area contributed by atoms with Crippen LogP contribution in [0, 0.1) is 0 Å². The van der Waals surface area contributed by atoms with Crippen molar-refractivity contribution in [2.45, 2.75) is 26.7 Å². The van der Waals surface area contributed by atoms with Gasteiger partial charge in [0.1, 0.15) is 5.82 Å². The van der Waals surface area contributed by atoms with Crippen LogP contribution in [-0.4, -0.2) is 10.9 Å². The lowest BCUT2D eigenvalue weighted by atomic mass is 10.1. The average Bonchev–Trinajstić information content (AvgIpc) is 2.04. The van der Waals surface area contributed by atoms with E-state index in [1.54, 1.807) is 6.20 Å². The zero-order chi connectivity index (χ0) is 9.68. The van der Waals surface area contributed by atoms with Crippen LogP contribution in [-0.2, 0) is 11.2 Å². The highest BCUT2D eigenvalue weighted by molar-refractivity contribution is 5.87. The molecule has 1 aromatic heterocycles. The van der Waals surface area contributed by atoms with Crippen molar-refractivity contribution in [3.8, 4) is 0 Å². The Kier molecular flexibility index (Phi) is 3.43. The van der Waals surface area contributed by atoms with Gasteiger partial charge in [-0.25, -0.2) is 4.98 Å². The monoisotopic (exact) mass is 178 g/mol. The number of aromatic nitrogens is 1. The third-order valence-corrected chi connectivity index (χ3v) is 1.67. The van der Waals surface area contributed by atoms with Crippen LogP contribution < -0.4 is 5.32 Å². The summed E-state index contributed by atoms with van der Waals surface area (Å²) in [6.45, 7) is 3.60. The fraction of sp³-hybridized carbons (Fsp3) is 0.400. The minimum atomic E-state index is -0.0823. The van der Waals surface area contributed by atoms with Crippen LogP contribution in [0.4, 0.5) is 5.82 Å². The summed E-state index contributed by atoms with van der Waals surface area (Å²) >= 11 is 0. The second-order valence-corrected chi connectivity index (χ2v) is 2.98. The van der Waals surface area contributed by atoms with E-state index in [1.165, 1.54) is 12.5 Å². The number of rotatable bonds is 3. The van der Waals surface area contributed by atoms with Crippen molar-refractivity contribution in [1.82, 2.24) is 4.98 Å². The van der Waals surface area contributed by atoms with Gasteiger partial charge in [0.2, 0.25) is 5.91 Å². The van der Waals surface area contributed by atoms with Gasteiger partial charge in [0.05, 0.1) is 0 Å². The summed E-state index contributed by atoms with van der Waals surface area (Å²) < 4.78 is 0. The van der Waals surface area contributed by atoms with Crippen molar-refractivity contribution < 1.29 is 4.79 Å². The van der Waals surface area contributed by atoms with Gasteiger partial charge in [0, 0.05) is 13.1 Å². The predicted molar refractivity (Wildman–Crippen MR) is 52.5 cm³/mol. The molecule has 0 saturated heterocycles. The van der Waals surface area contributed by atoms with Crippen LogP contribution in [0.2, 0.25) is 0 Å². The van der Waals surface area contributed by atoms with Gasteiger partial charge in [0.15, 0.2) is 0 Å². The van der Waals surface area contributed by atoms with Crippen LogP contribution in [0.15, 0.2) is 18.3 Å². The van der Waals surface area contributed by atoms with Gasteiger partial charge < -0.3 is 5.32 Å². The molecule has 13 heavy (non-hydrogen) atoms. The molecular weight excluding hydrogens is 164 g/mol. The molecule has 1 heterocycles. The van der Waals surface area contributed by atoms with Crippen LogP contribution in [0.5, 0.6) is 0 Å². The van der Waals surface area contributed by atoms with Gasteiger partial charge in [0.25, 0.3) is 0 Å². The topological polar surface area (TPSA) is 42.0 Å². The Labute approximate surface area is 78.2 Å². The Morgan fingerprint density at radius 2 is 2.38 bits per heavy atom. The van der Waals surface area contributed by atoms with E-state index in [2.05, 4.69) is 17.2 Å². The number of hydrogen-bond donors (Lipinski definition) is 1. The quantitative estimate of drug-likeness (QED) is 0.769. The number of hydrogen-bond acceptors (Lipinski definition) is 2. The maximum atomic E-state index is 10.7. The van der Waals surface area contributed by atoms with E-state index in [0.717, 1.165) is 12.8 Å². The minimum absolute atomic E-state index is 0.0823. The molecule has 0 radical (unpaired) electrons. The second kappa shape index (κ2) is 4.60. The van der Waals surface area contributed by atoms with Crippen LogP contribution >= 0.6 is 0 Å². The number of nitrogens with zero attached hydrogens (tertiary/aromatic N) is 1. The maximum Gasteiger partial charge on any atom is 0.222 e. The fourth-order valence-electron chi connectivity index (χ4n) is 1.17. The zero-order valence-electron chi connectivity index (χ0n) is 8.00. The lowest BCUT2D eigenvalue weighted by Gasteiger charge is -2.02. The van der Waals surface area contributed by atoms with Crippen molar-refractivity contribution in [2.24, 2.45) is 0 Å². The number of nitrogens with one attached hydrogen (secondary N) is 1. The summed E-state index contributed by atoms with van der Waals surface area (Å²) in [6.07, 6.45) is 3.84. The standard InChI is InChI=1S/C10H14N2O/c1-3-4-9-5-6-11-10(7-9)12-8(2)13/h5-7H,3-4H2,1-2H3,(H,11,12,13). The summed E-state index contributed by atoms with van der Waals surface area (Å²) in [5, 5.41) is 2.65. The highest BCUT2D eigenvalue weighted by atomic mass is 16.1. The van der Waals surface area contributed by atoms with E-state index in [0.29, 0.717) is 5.82 Å². The van der Waals surface area contributed by atoms with E-state index in [1.807, 2.05) is 12.1 Å². The molecule has 0 saturated carbocycles. The Bertz CT molecular complexity index is 297. The summed E-state index contributed by atoms with van der Waals surface area (Å²) in [5.74, 6) is 0.555. The Hall–Kier alpha value is -1.38. The first-order chi connectivity index (χ1) is 6.22. The molecule has 0 aliphatic rings. The molecule has 3 heteroatoms. The van der Waals surface area contributed by atoms with E-state index < -0.39 is 0 Å². The SMILES string of the molecule is CCCc1ccnc(NC(C)=O)c1. The average molecular weight is 178 g/mol. The van der Waals surface area contributed by atoms with Crippen molar-refractivity contribution in [1.29, 1.82) is 0 Å². The van der Waals surface area contributed by atoms with Crippen molar-refractivity contribution in [3.63, 3.8) is 0 Å². The van der Waals surface area contributed by atoms with Gasteiger partial charge in [-0.15, -0.1) is 0 Å². The highest BCUT2D eigenvalue weighted by Crippen LogP contribution is 2.08. The number of pyridine rings is 1. The minimum Gasteiger partial charge on any atom is -0.311 e. The van der Waals surface area contributed by atoms with Gasteiger partial charge in [-0.05, 0) is 24.1 Å². The zero-order valence-corrected chi connectivity index (χ0v) is 8.00. The number of carbonyl (C=O) groups excluding carboxylic acids is 1. The smallest absolute Gasteiger partial charge is 0.222 e. The molecule has 0 bridgehead atoms. The molecule has 0 aliphatic carbocycles. The highest BCUT2D eigenvalue weighted by Gasteiger charge is 1.97. The molecule has 1 aromatic rings. The second-order valence-electron chi connectivity index (χ2n) is 2.98. The molecule has 3 nitrogen and oxygen atoms in total. The molecule has 1 rings (SSSR count). The van der Waals surface area contributed by atoms with Crippen LogP contribution in [0.25, 0.3) is 0 Å². The summed E-state index contributed by atoms with van der Waals surface area (Å²) in [5.41, 5.74) is 1.21. The Balaban J connectivity index is 2.73. The van der Waals surface area contributed by atoms with Crippen molar-refractivity contribution in [2.75, 3.05) is 5.32 Å². The molecule has 0 aliphatic heterocycles. The Morgan fingerprint density at radius 1 is 1.62 bits per heavy atom. The molecule has 1 amide bonds. The number of amides is 1. The van der Waals surface area contributed by atoms with E-state index in [9.17, 15) is 4.79 Å². The first kappa shape index (κ1) is 9.71. The lowest BCUT2D eigenvalue weighted by Crippen LogP contribution is -2.07. The third-order valence-electron chi connectivity index (χ3n) is 1.67. The van der Waals surface area contributed by atoms with Gasteiger partial charge in [-0.1, -0.05) is 13.3 Å². The third kappa shape index (κ3) is 3.23. The maximum absolute atomic E-state index is 10.7. The normalized spacial score (nSPS) is 9.69. The molecule has 1 N–H and O–H groups in total. The van der Waals surface area contributed by atoms with Crippen molar-refractivity contribution >= 4 is 11.7 Å². The number of anilines is 1. The largest absolute Gasteiger partial charge is 0.311 e. The predicted octanol–water partition coefficient (Wildman–Crippen LogP) is 1.99. The van der Waals surface area contributed by atoms with Crippen LogP contribution in [0.1, 0.15) is 25.8 Å². The molecule has 70 valence electrons. The summed E-state index contributed by atoms with van der Waals surface area (Å²) in [6, 6.07) is 3.87. The van der Waals surface area contributed by atoms with Gasteiger partial charge in [-0.3, -0.25) is 4.79 Å². The van der Waals surface area contributed by atoms with E-state index in [4.69, 9.17) is 0 Å². The van der Waals surface area contributed by atoms with E-state index in [-0.39, 0.29) is 5.91 Å². The van der Waals surface area contributed by atoms with Crippen molar-refractivity contribution in [3.05, 3.63) is 23.9 Å². The summed E-state index contributed by atoms with van der Waals surface area (Å²) in [4.78, 5) is 14.8. The van der Waals surface area contributed by atoms with Crippen LogP contribution in [0.3, 0.4) is 0 Å². The molecule has 0 fully saturated rings. The molecular formula is C10H14N2O. The summed E-state index contributed by atoms with van der Waals surface area (Å²) in [7, 11) is 0. The molecule has 0 atom stereocenters. The first-order valence-electron chi connectivity index (χ1n) is 4.45. The van der Waals surface area contributed by atoms with Gasteiger partial charge >= 0.3 is 0 Å². The molecule has 0 aromatic carbocycles. The molecule has 0 unspecified atom stereocenters. The van der Waals surface area contributed by atoms with E-state index >= 15 is 0 Å². The Morgan fingerprint density at radius 3 is 3.00 bits per heavy atom. The molecule has 0 spiro atoms. The number of aryl methyl sites for hydroxylation is 1.